The molecule has 12 aromatic carbocycles. The number of fused-ring (bicyclic) bond motifs is 2. The van der Waals surface area contributed by atoms with Gasteiger partial charge in [0, 0.05) is 34.1 Å². The summed E-state index contributed by atoms with van der Waals surface area (Å²) in [6.45, 7) is 0. The van der Waals surface area contributed by atoms with E-state index in [9.17, 15) is 0 Å². The second-order valence-electron chi connectivity index (χ2n) is 18.1. The van der Waals surface area contributed by atoms with Crippen molar-refractivity contribution < 1.29 is 0 Å². The van der Waals surface area contributed by atoms with Gasteiger partial charge in [0.15, 0.2) is 0 Å². The van der Waals surface area contributed by atoms with Crippen LogP contribution in [0.15, 0.2) is 291 Å². The average Bonchev–Trinajstić information content (AvgIpc) is 3.46. The van der Waals surface area contributed by atoms with Crippen LogP contribution in [0.3, 0.4) is 0 Å². The van der Waals surface area contributed by atoms with Crippen molar-refractivity contribution >= 4 is 67.8 Å². The SMILES string of the molecule is C(=Cc1cccc(-c2ccc(-c3ccc4c(-c5ccc(N(c6ccccc6)c6ccccc6)cc5)c5ccccc5c(-c5ccc(N(c6ccccc6)c6ccccc6)cc5)c4c3)cc2)c1)c1ccccc1. The standard InChI is InChI=1S/C70H50N2/c1-6-19-51(20-7-1)33-34-52-21-18-22-57(49-52)53-35-37-54(38-36-53)58-43-48-67-68(50-58)70(56-41-46-64(47-42-56)72(61-27-12-4-13-28-61)62-29-14-5-15-30-62)66-32-17-16-31-65(66)69(67)55-39-44-63(45-40-55)71(59-23-8-2-9-24-59)60-25-10-3-11-26-60/h1-50H. The van der Waals surface area contributed by atoms with Crippen LogP contribution in [0, 0.1) is 0 Å². The molecule has 0 radical (unpaired) electrons. The summed E-state index contributed by atoms with van der Waals surface area (Å²) < 4.78 is 0. The minimum absolute atomic E-state index is 1.10. The Hall–Kier alpha value is -9.50. The number of para-hydroxylation sites is 4. The van der Waals surface area contributed by atoms with Crippen molar-refractivity contribution in [3.05, 3.63) is 302 Å². The largest absolute Gasteiger partial charge is 0.311 e. The number of benzene rings is 12. The van der Waals surface area contributed by atoms with Gasteiger partial charge in [-0.15, -0.1) is 0 Å². The van der Waals surface area contributed by atoms with E-state index in [2.05, 4.69) is 313 Å². The van der Waals surface area contributed by atoms with Crippen LogP contribution >= 0.6 is 0 Å². The Labute approximate surface area is 422 Å². The van der Waals surface area contributed by atoms with E-state index in [1.807, 2.05) is 0 Å². The summed E-state index contributed by atoms with van der Waals surface area (Å²) in [5.41, 5.74) is 18.5. The van der Waals surface area contributed by atoms with Gasteiger partial charge in [-0.25, -0.2) is 0 Å². The normalized spacial score (nSPS) is 11.3. The van der Waals surface area contributed by atoms with Crippen molar-refractivity contribution in [2.24, 2.45) is 0 Å². The first-order valence-electron chi connectivity index (χ1n) is 24.7. The summed E-state index contributed by atoms with van der Waals surface area (Å²) in [6.07, 6.45) is 4.36. The number of rotatable bonds is 12. The van der Waals surface area contributed by atoms with Gasteiger partial charge in [0.05, 0.1) is 0 Å². The Bertz CT molecular complexity index is 3720. The van der Waals surface area contributed by atoms with Crippen LogP contribution in [-0.4, -0.2) is 0 Å². The molecule has 0 heterocycles. The highest BCUT2D eigenvalue weighted by atomic mass is 15.1. The highest BCUT2D eigenvalue weighted by Crippen LogP contribution is 2.47. The highest BCUT2D eigenvalue weighted by molar-refractivity contribution is 6.22. The number of anilines is 6. The lowest BCUT2D eigenvalue weighted by atomic mass is 9.84. The number of hydrogen-bond acceptors (Lipinski definition) is 2. The molecule has 0 saturated heterocycles. The lowest BCUT2D eigenvalue weighted by Gasteiger charge is -2.26. The van der Waals surface area contributed by atoms with Gasteiger partial charge in [0.2, 0.25) is 0 Å². The van der Waals surface area contributed by atoms with Crippen molar-refractivity contribution in [3.8, 4) is 44.5 Å². The molecule has 340 valence electrons. The lowest BCUT2D eigenvalue weighted by Crippen LogP contribution is -2.09. The summed E-state index contributed by atoms with van der Waals surface area (Å²) in [5.74, 6) is 0. The Balaban J connectivity index is 0.985. The van der Waals surface area contributed by atoms with Crippen molar-refractivity contribution in [2.75, 3.05) is 9.80 Å². The smallest absolute Gasteiger partial charge is 0.0462 e. The maximum Gasteiger partial charge on any atom is 0.0462 e. The van der Waals surface area contributed by atoms with Gasteiger partial charge in [-0.1, -0.05) is 218 Å². The third-order valence-electron chi connectivity index (χ3n) is 13.6. The molecule has 0 amide bonds. The summed E-state index contributed by atoms with van der Waals surface area (Å²) in [4.78, 5) is 4.64. The molecule has 0 atom stereocenters. The zero-order chi connectivity index (χ0) is 48.1. The molecule has 0 fully saturated rings. The Morgan fingerprint density at radius 3 is 0.972 bits per heavy atom. The molecule has 0 aliphatic carbocycles. The lowest BCUT2D eigenvalue weighted by molar-refractivity contribution is 1.28. The maximum absolute atomic E-state index is 2.42. The van der Waals surface area contributed by atoms with Crippen LogP contribution in [0.2, 0.25) is 0 Å². The molecular weight excluding hydrogens is 869 g/mol. The van der Waals surface area contributed by atoms with Crippen LogP contribution in [0.1, 0.15) is 11.1 Å². The molecule has 12 rings (SSSR count). The van der Waals surface area contributed by atoms with Crippen molar-refractivity contribution in [3.63, 3.8) is 0 Å². The van der Waals surface area contributed by atoms with E-state index in [1.165, 1.54) is 71.6 Å². The third-order valence-corrected chi connectivity index (χ3v) is 13.6. The minimum atomic E-state index is 1.10. The van der Waals surface area contributed by atoms with E-state index in [0.29, 0.717) is 0 Å². The quantitative estimate of drug-likeness (QED) is 0.0890. The highest BCUT2D eigenvalue weighted by Gasteiger charge is 2.20. The van der Waals surface area contributed by atoms with E-state index < -0.39 is 0 Å². The van der Waals surface area contributed by atoms with Gasteiger partial charge in [-0.3, -0.25) is 0 Å². The fourth-order valence-electron chi connectivity index (χ4n) is 10.2. The van der Waals surface area contributed by atoms with E-state index in [4.69, 9.17) is 0 Å². The predicted molar refractivity (Wildman–Crippen MR) is 308 cm³/mol. The summed E-state index contributed by atoms with van der Waals surface area (Å²) in [6, 6.07) is 105. The topological polar surface area (TPSA) is 6.48 Å². The zero-order valence-electron chi connectivity index (χ0n) is 39.8. The van der Waals surface area contributed by atoms with Crippen LogP contribution in [0.25, 0.3) is 78.2 Å². The Morgan fingerprint density at radius 1 is 0.194 bits per heavy atom. The molecule has 0 aliphatic rings. The van der Waals surface area contributed by atoms with E-state index >= 15 is 0 Å². The first-order valence-corrected chi connectivity index (χ1v) is 24.7. The molecule has 2 heteroatoms. The molecule has 0 aromatic heterocycles. The van der Waals surface area contributed by atoms with Crippen LogP contribution in [0.5, 0.6) is 0 Å². The second-order valence-corrected chi connectivity index (χ2v) is 18.1. The first-order chi connectivity index (χ1) is 35.7. The van der Waals surface area contributed by atoms with E-state index in [0.717, 1.165) is 39.7 Å². The van der Waals surface area contributed by atoms with Crippen LogP contribution < -0.4 is 9.80 Å². The minimum Gasteiger partial charge on any atom is -0.311 e. The third kappa shape index (κ3) is 8.86. The molecule has 12 aromatic rings. The zero-order valence-corrected chi connectivity index (χ0v) is 39.8. The van der Waals surface area contributed by atoms with E-state index in [-0.39, 0.29) is 0 Å². The monoisotopic (exact) mass is 918 g/mol. The molecule has 0 unspecified atom stereocenters. The van der Waals surface area contributed by atoms with Crippen molar-refractivity contribution in [2.45, 2.75) is 0 Å². The van der Waals surface area contributed by atoms with Crippen LogP contribution in [0.4, 0.5) is 34.1 Å². The molecule has 0 bridgehead atoms. The van der Waals surface area contributed by atoms with Crippen molar-refractivity contribution in [1.29, 1.82) is 0 Å². The fraction of sp³-hybridized carbons (Fsp3) is 0. The molecule has 2 nitrogen and oxygen atoms in total. The first kappa shape index (κ1) is 43.8. The van der Waals surface area contributed by atoms with Gasteiger partial charge in [-0.2, -0.15) is 0 Å². The average molecular weight is 919 g/mol. The summed E-state index contributed by atoms with van der Waals surface area (Å²) in [5, 5.41) is 4.84. The Morgan fingerprint density at radius 2 is 0.514 bits per heavy atom. The summed E-state index contributed by atoms with van der Waals surface area (Å²) >= 11 is 0. The fourth-order valence-corrected chi connectivity index (χ4v) is 10.2. The molecule has 0 spiro atoms. The van der Waals surface area contributed by atoms with Crippen LogP contribution in [-0.2, 0) is 0 Å². The summed E-state index contributed by atoms with van der Waals surface area (Å²) in [7, 11) is 0. The molecule has 72 heavy (non-hydrogen) atoms. The van der Waals surface area contributed by atoms with Crippen molar-refractivity contribution in [1.82, 2.24) is 0 Å². The maximum atomic E-state index is 2.42. The number of hydrogen-bond donors (Lipinski definition) is 0. The number of nitrogens with zero attached hydrogens (tertiary/aromatic N) is 2. The molecule has 0 N–H and O–H groups in total. The van der Waals surface area contributed by atoms with E-state index in [1.54, 1.807) is 0 Å². The van der Waals surface area contributed by atoms with Gasteiger partial charge < -0.3 is 9.80 Å². The van der Waals surface area contributed by atoms with Gasteiger partial charge >= 0.3 is 0 Å². The van der Waals surface area contributed by atoms with Gasteiger partial charge in [-0.05, 0) is 162 Å². The molecule has 0 saturated carbocycles. The molecular formula is C70H50N2. The second kappa shape index (κ2) is 19.8. The van der Waals surface area contributed by atoms with Gasteiger partial charge in [0.25, 0.3) is 0 Å². The predicted octanol–water partition coefficient (Wildman–Crippen LogP) is 19.8. The Kier molecular flexibility index (Phi) is 12.1. The molecule has 0 aliphatic heterocycles. The van der Waals surface area contributed by atoms with Gasteiger partial charge in [0.1, 0.15) is 0 Å².